The van der Waals surface area contributed by atoms with Crippen molar-refractivity contribution in [3.05, 3.63) is 35.4 Å². The van der Waals surface area contributed by atoms with E-state index in [1.165, 1.54) is 0 Å². The molecule has 1 heterocycles. The highest BCUT2D eigenvalue weighted by atomic mass is 79.9. The Morgan fingerprint density at radius 2 is 2.12 bits per heavy atom. The van der Waals surface area contributed by atoms with Crippen molar-refractivity contribution >= 4 is 27.7 Å². The van der Waals surface area contributed by atoms with Gasteiger partial charge in [0.1, 0.15) is 0 Å². The van der Waals surface area contributed by atoms with Crippen LogP contribution < -0.4 is 10.6 Å². The fourth-order valence-corrected chi connectivity index (χ4v) is 2.09. The quantitative estimate of drug-likeness (QED) is 0.824. The van der Waals surface area contributed by atoms with Crippen LogP contribution in [0.2, 0.25) is 0 Å². The first-order valence-electron chi connectivity index (χ1n) is 5.41. The highest BCUT2D eigenvalue weighted by Gasteiger charge is 2.23. The number of carbonyl (C=O) groups is 2. The zero-order valence-corrected chi connectivity index (χ0v) is 10.8. The fraction of sp³-hybridized carbons (Fsp3) is 0.333. The third-order valence-electron chi connectivity index (χ3n) is 2.68. The SMILES string of the molecule is O=C1CC(NC(=O)c2ccc(CBr)cc2)CN1. The first-order chi connectivity index (χ1) is 8.19. The van der Waals surface area contributed by atoms with Gasteiger partial charge in [0.15, 0.2) is 0 Å². The number of nitrogens with one attached hydrogen (secondary N) is 2. The van der Waals surface area contributed by atoms with E-state index in [-0.39, 0.29) is 17.9 Å². The van der Waals surface area contributed by atoms with Gasteiger partial charge in [-0.2, -0.15) is 0 Å². The van der Waals surface area contributed by atoms with Gasteiger partial charge in [-0.1, -0.05) is 28.1 Å². The van der Waals surface area contributed by atoms with Crippen molar-refractivity contribution < 1.29 is 9.59 Å². The van der Waals surface area contributed by atoms with Crippen LogP contribution in [0, 0.1) is 0 Å². The Labute approximate surface area is 108 Å². The molecule has 1 aliphatic rings. The Morgan fingerprint density at radius 3 is 2.65 bits per heavy atom. The summed E-state index contributed by atoms with van der Waals surface area (Å²) >= 11 is 3.35. The van der Waals surface area contributed by atoms with Gasteiger partial charge in [-0.15, -0.1) is 0 Å². The molecule has 0 aliphatic carbocycles. The van der Waals surface area contributed by atoms with Crippen LogP contribution in [-0.4, -0.2) is 24.4 Å². The van der Waals surface area contributed by atoms with Crippen LogP contribution in [0.3, 0.4) is 0 Å². The van der Waals surface area contributed by atoms with E-state index >= 15 is 0 Å². The second kappa shape index (κ2) is 5.31. The van der Waals surface area contributed by atoms with Crippen LogP contribution in [0.1, 0.15) is 22.3 Å². The molecule has 0 spiro atoms. The third kappa shape index (κ3) is 3.06. The van der Waals surface area contributed by atoms with E-state index in [4.69, 9.17) is 0 Å². The van der Waals surface area contributed by atoms with E-state index in [0.29, 0.717) is 18.5 Å². The summed E-state index contributed by atoms with van der Waals surface area (Å²) in [4.78, 5) is 22.8. The number of rotatable bonds is 3. The maximum atomic E-state index is 11.8. The molecule has 5 heteroatoms. The van der Waals surface area contributed by atoms with Crippen molar-refractivity contribution in [2.24, 2.45) is 0 Å². The first-order valence-corrected chi connectivity index (χ1v) is 6.53. The van der Waals surface area contributed by atoms with Gasteiger partial charge in [-0.05, 0) is 17.7 Å². The van der Waals surface area contributed by atoms with E-state index in [0.717, 1.165) is 10.9 Å². The minimum Gasteiger partial charge on any atom is -0.354 e. The summed E-state index contributed by atoms with van der Waals surface area (Å²) in [6, 6.07) is 7.29. The van der Waals surface area contributed by atoms with Crippen LogP contribution in [0.25, 0.3) is 0 Å². The van der Waals surface area contributed by atoms with Gasteiger partial charge < -0.3 is 10.6 Å². The summed E-state index contributed by atoms with van der Waals surface area (Å²) in [5, 5.41) is 6.29. The second-order valence-corrected chi connectivity index (χ2v) is 4.57. The van der Waals surface area contributed by atoms with Crippen molar-refractivity contribution in [2.45, 2.75) is 17.8 Å². The lowest BCUT2D eigenvalue weighted by Crippen LogP contribution is -2.36. The zero-order chi connectivity index (χ0) is 12.3. The molecule has 1 aliphatic heterocycles. The van der Waals surface area contributed by atoms with Crippen molar-refractivity contribution in [3.63, 3.8) is 0 Å². The molecule has 0 aromatic heterocycles. The molecule has 1 aromatic carbocycles. The lowest BCUT2D eigenvalue weighted by molar-refractivity contribution is -0.119. The van der Waals surface area contributed by atoms with Gasteiger partial charge in [0.25, 0.3) is 5.91 Å². The van der Waals surface area contributed by atoms with Crippen LogP contribution in [0.15, 0.2) is 24.3 Å². The highest BCUT2D eigenvalue weighted by molar-refractivity contribution is 9.08. The molecule has 4 nitrogen and oxygen atoms in total. The topological polar surface area (TPSA) is 58.2 Å². The van der Waals surface area contributed by atoms with E-state index in [2.05, 4.69) is 26.6 Å². The second-order valence-electron chi connectivity index (χ2n) is 4.01. The van der Waals surface area contributed by atoms with Gasteiger partial charge in [0.05, 0.1) is 6.04 Å². The minimum atomic E-state index is -0.132. The highest BCUT2D eigenvalue weighted by Crippen LogP contribution is 2.09. The Bertz CT molecular complexity index is 431. The number of benzene rings is 1. The summed E-state index contributed by atoms with van der Waals surface area (Å²) in [6.45, 7) is 0.518. The summed E-state index contributed by atoms with van der Waals surface area (Å²) in [5.41, 5.74) is 1.74. The summed E-state index contributed by atoms with van der Waals surface area (Å²) in [7, 11) is 0. The molecule has 2 rings (SSSR count). The number of amides is 2. The maximum Gasteiger partial charge on any atom is 0.251 e. The number of hydrogen-bond donors (Lipinski definition) is 2. The number of carbonyl (C=O) groups excluding carboxylic acids is 2. The molecule has 1 unspecified atom stereocenters. The molecule has 17 heavy (non-hydrogen) atoms. The Balaban J connectivity index is 1.97. The first kappa shape index (κ1) is 12.1. The lowest BCUT2D eigenvalue weighted by atomic mass is 10.1. The third-order valence-corrected chi connectivity index (χ3v) is 3.33. The molecule has 2 N–H and O–H groups in total. The van der Waals surface area contributed by atoms with Gasteiger partial charge in [0, 0.05) is 23.9 Å². The van der Waals surface area contributed by atoms with E-state index in [1.54, 1.807) is 12.1 Å². The molecule has 90 valence electrons. The number of halogens is 1. The fourth-order valence-electron chi connectivity index (χ4n) is 1.72. The standard InChI is InChI=1S/C12H13BrN2O2/c13-6-8-1-3-9(4-2-8)12(17)15-10-5-11(16)14-7-10/h1-4,10H,5-7H2,(H,14,16)(H,15,17). The maximum absolute atomic E-state index is 11.8. The summed E-state index contributed by atoms with van der Waals surface area (Å²) in [5.74, 6) is -0.141. The van der Waals surface area contributed by atoms with Crippen LogP contribution in [-0.2, 0) is 10.1 Å². The average Bonchev–Trinajstić information content (AvgIpc) is 2.75. The summed E-state index contributed by atoms with van der Waals surface area (Å²) < 4.78 is 0. The van der Waals surface area contributed by atoms with Crippen molar-refractivity contribution in [3.8, 4) is 0 Å². The van der Waals surface area contributed by atoms with E-state index < -0.39 is 0 Å². The Morgan fingerprint density at radius 1 is 1.41 bits per heavy atom. The Hall–Kier alpha value is -1.36. The molecule has 1 aromatic rings. The molecule has 0 radical (unpaired) electrons. The van der Waals surface area contributed by atoms with Crippen LogP contribution in [0.5, 0.6) is 0 Å². The predicted octanol–water partition coefficient (Wildman–Crippen LogP) is 1.20. The molecule has 2 amide bonds. The molecule has 0 bridgehead atoms. The van der Waals surface area contributed by atoms with Gasteiger partial charge >= 0.3 is 0 Å². The van der Waals surface area contributed by atoms with Crippen molar-refractivity contribution in [1.29, 1.82) is 0 Å². The Kier molecular flexibility index (Phi) is 3.78. The molecule has 1 atom stereocenters. The number of alkyl halides is 1. The normalized spacial score (nSPS) is 18.9. The summed E-state index contributed by atoms with van der Waals surface area (Å²) in [6.07, 6.45) is 0.366. The van der Waals surface area contributed by atoms with Crippen LogP contribution in [0.4, 0.5) is 0 Å². The van der Waals surface area contributed by atoms with Gasteiger partial charge in [0.2, 0.25) is 5.91 Å². The monoisotopic (exact) mass is 296 g/mol. The predicted molar refractivity (Wildman–Crippen MR) is 68.0 cm³/mol. The molecule has 0 saturated carbocycles. The molecular weight excluding hydrogens is 284 g/mol. The largest absolute Gasteiger partial charge is 0.354 e. The van der Waals surface area contributed by atoms with Crippen molar-refractivity contribution in [2.75, 3.05) is 6.54 Å². The molecule has 1 saturated heterocycles. The van der Waals surface area contributed by atoms with Gasteiger partial charge in [-0.25, -0.2) is 0 Å². The minimum absolute atomic E-state index is 0.00932. The lowest BCUT2D eigenvalue weighted by Gasteiger charge is -2.10. The van der Waals surface area contributed by atoms with Crippen LogP contribution >= 0.6 is 15.9 Å². The average molecular weight is 297 g/mol. The molecule has 1 fully saturated rings. The molecular formula is C12H13BrN2O2. The van der Waals surface area contributed by atoms with Crippen molar-refractivity contribution in [1.82, 2.24) is 10.6 Å². The van der Waals surface area contributed by atoms with E-state index in [1.807, 2.05) is 12.1 Å². The van der Waals surface area contributed by atoms with Gasteiger partial charge in [-0.3, -0.25) is 9.59 Å². The number of hydrogen-bond acceptors (Lipinski definition) is 2. The smallest absolute Gasteiger partial charge is 0.251 e. The zero-order valence-electron chi connectivity index (χ0n) is 9.20. The van der Waals surface area contributed by atoms with E-state index in [9.17, 15) is 9.59 Å².